The fourth-order valence-electron chi connectivity index (χ4n) is 1.57. The van der Waals surface area contributed by atoms with E-state index in [1.54, 1.807) is 7.05 Å². The highest BCUT2D eigenvalue weighted by molar-refractivity contribution is 5.83. The molecule has 0 bridgehead atoms. The summed E-state index contributed by atoms with van der Waals surface area (Å²) < 4.78 is 36.1. The van der Waals surface area contributed by atoms with Crippen LogP contribution in [0.25, 0.3) is 11.2 Å². The molecular formula is C10H13F3N6. The predicted molar refractivity (Wildman–Crippen MR) is 65.0 cm³/mol. The van der Waals surface area contributed by atoms with Gasteiger partial charge in [0.05, 0.1) is 6.33 Å². The first-order chi connectivity index (χ1) is 8.99. The second kappa shape index (κ2) is 5.29. The number of fused-ring (bicyclic) bond motifs is 1. The summed E-state index contributed by atoms with van der Waals surface area (Å²) in [4.78, 5) is 15.1. The number of hydrogen-bond donors (Lipinski definition) is 3. The molecular weight excluding hydrogens is 261 g/mol. The molecule has 0 fully saturated rings. The minimum Gasteiger partial charge on any atom is -0.368 e. The molecule has 0 unspecified atom stereocenters. The number of anilines is 2. The van der Waals surface area contributed by atoms with Gasteiger partial charge in [0.15, 0.2) is 11.5 Å². The third-order valence-electron chi connectivity index (χ3n) is 2.44. The van der Waals surface area contributed by atoms with Crippen molar-refractivity contribution in [1.29, 1.82) is 0 Å². The number of nitrogens with one attached hydrogen (secondary N) is 3. The van der Waals surface area contributed by atoms with E-state index in [0.717, 1.165) is 0 Å². The fraction of sp³-hybridized carbons (Fsp3) is 0.500. The van der Waals surface area contributed by atoms with E-state index in [0.29, 0.717) is 22.9 Å². The Morgan fingerprint density at radius 2 is 2.11 bits per heavy atom. The molecule has 6 nitrogen and oxygen atoms in total. The zero-order valence-electron chi connectivity index (χ0n) is 10.2. The highest BCUT2D eigenvalue weighted by Gasteiger charge is 2.25. The zero-order valence-corrected chi connectivity index (χ0v) is 10.2. The van der Waals surface area contributed by atoms with Gasteiger partial charge in [-0.2, -0.15) is 23.1 Å². The number of halogens is 3. The van der Waals surface area contributed by atoms with Crippen molar-refractivity contribution in [3.63, 3.8) is 0 Å². The maximum atomic E-state index is 12.0. The normalized spacial score (nSPS) is 11.8. The molecule has 0 aliphatic carbocycles. The van der Waals surface area contributed by atoms with Gasteiger partial charge in [-0.05, 0) is 6.42 Å². The van der Waals surface area contributed by atoms with Crippen LogP contribution in [0.4, 0.5) is 24.9 Å². The molecule has 0 aliphatic rings. The van der Waals surface area contributed by atoms with Crippen molar-refractivity contribution in [2.24, 2.45) is 0 Å². The zero-order chi connectivity index (χ0) is 13.9. The van der Waals surface area contributed by atoms with Gasteiger partial charge in [-0.15, -0.1) is 0 Å². The van der Waals surface area contributed by atoms with Crippen molar-refractivity contribution in [2.75, 3.05) is 24.2 Å². The van der Waals surface area contributed by atoms with Crippen molar-refractivity contribution >= 4 is 22.9 Å². The molecule has 9 heteroatoms. The molecule has 2 aromatic heterocycles. The van der Waals surface area contributed by atoms with E-state index in [-0.39, 0.29) is 13.0 Å². The van der Waals surface area contributed by atoms with Crippen molar-refractivity contribution in [1.82, 2.24) is 19.9 Å². The van der Waals surface area contributed by atoms with Gasteiger partial charge in [-0.3, -0.25) is 0 Å². The van der Waals surface area contributed by atoms with Crippen molar-refractivity contribution in [3.8, 4) is 0 Å². The monoisotopic (exact) mass is 274 g/mol. The third-order valence-corrected chi connectivity index (χ3v) is 2.44. The predicted octanol–water partition coefficient (Wildman–Crippen LogP) is 2.15. The number of imidazole rings is 1. The van der Waals surface area contributed by atoms with Crippen LogP contribution in [0.1, 0.15) is 12.8 Å². The largest absolute Gasteiger partial charge is 0.389 e. The molecule has 19 heavy (non-hydrogen) atoms. The van der Waals surface area contributed by atoms with Crippen LogP contribution in [0.5, 0.6) is 0 Å². The van der Waals surface area contributed by atoms with E-state index in [4.69, 9.17) is 0 Å². The molecule has 0 aliphatic heterocycles. The lowest BCUT2D eigenvalue weighted by Gasteiger charge is -2.09. The second-order valence-corrected chi connectivity index (χ2v) is 3.89. The van der Waals surface area contributed by atoms with Gasteiger partial charge in [-0.25, -0.2) is 4.98 Å². The lowest BCUT2D eigenvalue weighted by atomic mass is 10.3. The topological polar surface area (TPSA) is 78.5 Å². The molecule has 104 valence electrons. The van der Waals surface area contributed by atoms with Crippen LogP contribution in [-0.2, 0) is 0 Å². The highest BCUT2D eigenvalue weighted by atomic mass is 19.4. The first kappa shape index (κ1) is 13.4. The van der Waals surface area contributed by atoms with E-state index in [1.165, 1.54) is 6.33 Å². The quantitative estimate of drug-likeness (QED) is 0.728. The van der Waals surface area contributed by atoms with E-state index < -0.39 is 12.6 Å². The van der Waals surface area contributed by atoms with E-state index >= 15 is 0 Å². The van der Waals surface area contributed by atoms with Gasteiger partial charge in [0.25, 0.3) is 0 Å². The van der Waals surface area contributed by atoms with Gasteiger partial charge in [0.2, 0.25) is 5.95 Å². The summed E-state index contributed by atoms with van der Waals surface area (Å²) in [5.41, 5.74) is 1.03. The fourth-order valence-corrected chi connectivity index (χ4v) is 1.57. The molecule has 0 saturated carbocycles. The molecule has 0 radical (unpaired) electrons. The number of nitrogens with zero attached hydrogens (tertiary/aromatic N) is 3. The molecule has 2 heterocycles. The van der Waals surface area contributed by atoms with Crippen LogP contribution in [0.2, 0.25) is 0 Å². The highest BCUT2D eigenvalue weighted by Crippen LogP contribution is 2.22. The lowest BCUT2D eigenvalue weighted by Crippen LogP contribution is -2.12. The first-order valence-corrected chi connectivity index (χ1v) is 5.69. The average Bonchev–Trinajstić information content (AvgIpc) is 2.81. The smallest absolute Gasteiger partial charge is 0.368 e. The average molecular weight is 274 g/mol. The Morgan fingerprint density at radius 3 is 2.79 bits per heavy atom. The number of H-pyrrole nitrogens is 1. The molecule has 0 amide bonds. The maximum Gasteiger partial charge on any atom is 0.389 e. The van der Waals surface area contributed by atoms with Crippen LogP contribution >= 0.6 is 0 Å². The van der Waals surface area contributed by atoms with Crippen LogP contribution in [0.3, 0.4) is 0 Å². The Morgan fingerprint density at radius 1 is 1.32 bits per heavy atom. The summed E-state index contributed by atoms with van der Waals surface area (Å²) in [5.74, 6) is 0.798. The van der Waals surface area contributed by atoms with Gasteiger partial charge in [0, 0.05) is 20.0 Å². The molecule has 0 saturated heterocycles. The Balaban J connectivity index is 2.05. The summed E-state index contributed by atoms with van der Waals surface area (Å²) >= 11 is 0. The molecule has 2 rings (SSSR count). The molecule has 0 atom stereocenters. The summed E-state index contributed by atoms with van der Waals surface area (Å²) in [6.07, 6.45) is -3.51. The summed E-state index contributed by atoms with van der Waals surface area (Å²) in [5, 5.41) is 5.63. The third kappa shape index (κ3) is 3.46. The second-order valence-electron chi connectivity index (χ2n) is 3.89. The van der Waals surface area contributed by atoms with E-state index in [9.17, 15) is 13.2 Å². The minimum atomic E-state index is -4.13. The van der Waals surface area contributed by atoms with Gasteiger partial charge < -0.3 is 15.6 Å². The number of aromatic amines is 1. The Bertz CT molecular complexity index is 550. The Labute approximate surface area is 106 Å². The minimum absolute atomic E-state index is 0.0159. The molecule has 0 spiro atoms. The Kier molecular flexibility index (Phi) is 3.72. The molecule has 2 aromatic rings. The number of aromatic nitrogens is 4. The van der Waals surface area contributed by atoms with Crippen LogP contribution < -0.4 is 10.6 Å². The van der Waals surface area contributed by atoms with Gasteiger partial charge >= 0.3 is 6.18 Å². The van der Waals surface area contributed by atoms with Crippen LogP contribution in [-0.4, -0.2) is 39.7 Å². The van der Waals surface area contributed by atoms with Crippen LogP contribution in [0.15, 0.2) is 6.33 Å². The summed E-state index contributed by atoms with van der Waals surface area (Å²) in [6.45, 7) is 0.174. The maximum absolute atomic E-state index is 12.0. The van der Waals surface area contributed by atoms with Crippen molar-refractivity contribution in [2.45, 2.75) is 19.0 Å². The Hall–Kier alpha value is -2.06. The number of alkyl halides is 3. The summed E-state index contributed by atoms with van der Waals surface area (Å²) in [7, 11) is 1.65. The standard InChI is InChI=1S/C10H13F3N6/c1-14-9-18-7(6-8(19-9)17-5-16-6)15-4-2-3-10(11,12)13/h5H,2-4H2,1H3,(H3,14,15,16,17,18,19). The van der Waals surface area contributed by atoms with Crippen LogP contribution in [0, 0.1) is 0 Å². The van der Waals surface area contributed by atoms with Crippen molar-refractivity contribution < 1.29 is 13.2 Å². The van der Waals surface area contributed by atoms with E-state index in [1.807, 2.05) is 0 Å². The summed E-state index contributed by atoms with van der Waals surface area (Å²) in [6, 6.07) is 0. The number of hydrogen-bond acceptors (Lipinski definition) is 5. The number of rotatable bonds is 5. The SMILES string of the molecule is CNc1nc(NCCCC(F)(F)F)c2[nH]cnc2n1. The lowest BCUT2D eigenvalue weighted by molar-refractivity contribution is -0.134. The van der Waals surface area contributed by atoms with Gasteiger partial charge in [-0.1, -0.05) is 0 Å². The molecule has 0 aromatic carbocycles. The first-order valence-electron chi connectivity index (χ1n) is 5.69. The van der Waals surface area contributed by atoms with Gasteiger partial charge in [0.1, 0.15) is 5.52 Å². The van der Waals surface area contributed by atoms with E-state index in [2.05, 4.69) is 30.6 Å². The molecule has 3 N–H and O–H groups in total. The van der Waals surface area contributed by atoms with Crippen molar-refractivity contribution in [3.05, 3.63) is 6.33 Å².